The van der Waals surface area contributed by atoms with E-state index in [4.69, 9.17) is 16.3 Å². The molecule has 0 saturated heterocycles. The summed E-state index contributed by atoms with van der Waals surface area (Å²) in [5, 5.41) is 5.64. The first-order valence-corrected chi connectivity index (χ1v) is 7.40. The molecule has 0 spiro atoms. The zero-order valence-corrected chi connectivity index (χ0v) is 13.4. The van der Waals surface area contributed by atoms with Gasteiger partial charge in [-0.25, -0.2) is 0 Å². The van der Waals surface area contributed by atoms with Gasteiger partial charge < -0.3 is 15.4 Å². The predicted molar refractivity (Wildman–Crippen MR) is 89.8 cm³/mol. The Morgan fingerprint density at radius 2 is 1.83 bits per heavy atom. The van der Waals surface area contributed by atoms with Crippen molar-refractivity contribution in [2.75, 3.05) is 19.0 Å². The molecule has 0 aromatic heterocycles. The monoisotopic (exact) mass is 332 g/mol. The van der Waals surface area contributed by atoms with Crippen LogP contribution in [0.15, 0.2) is 48.5 Å². The van der Waals surface area contributed by atoms with Crippen molar-refractivity contribution in [1.29, 1.82) is 0 Å². The van der Waals surface area contributed by atoms with E-state index in [1.165, 1.54) is 7.11 Å². The molecule has 0 heterocycles. The highest BCUT2D eigenvalue weighted by Crippen LogP contribution is 2.27. The Morgan fingerprint density at radius 1 is 1.09 bits per heavy atom. The molecule has 2 aromatic rings. The molecule has 2 N–H and O–H groups in total. The number of ether oxygens (including phenoxy) is 1. The predicted octanol–water partition coefficient (Wildman–Crippen LogP) is 2.65. The summed E-state index contributed by atoms with van der Waals surface area (Å²) in [7, 11) is 1.52. The van der Waals surface area contributed by atoms with Crippen LogP contribution in [0.4, 0.5) is 5.69 Å². The van der Waals surface area contributed by atoms with Gasteiger partial charge in [0.15, 0.2) is 0 Å². The summed E-state index contributed by atoms with van der Waals surface area (Å²) < 4.78 is 5.04. The summed E-state index contributed by atoms with van der Waals surface area (Å²) in [6.45, 7) is -0.102. The Morgan fingerprint density at radius 3 is 2.48 bits per heavy atom. The van der Waals surface area contributed by atoms with E-state index >= 15 is 0 Å². The Hall–Kier alpha value is -2.53. The van der Waals surface area contributed by atoms with Crippen LogP contribution >= 0.6 is 11.6 Å². The number of anilines is 1. The molecule has 23 heavy (non-hydrogen) atoms. The smallest absolute Gasteiger partial charge is 0.243 e. The second kappa shape index (κ2) is 8.19. The quantitative estimate of drug-likeness (QED) is 0.854. The van der Waals surface area contributed by atoms with Crippen molar-refractivity contribution < 1.29 is 14.3 Å². The highest BCUT2D eigenvalue weighted by atomic mass is 35.5. The van der Waals surface area contributed by atoms with Gasteiger partial charge in [0.2, 0.25) is 11.8 Å². The van der Waals surface area contributed by atoms with Gasteiger partial charge in [-0.1, -0.05) is 41.9 Å². The van der Waals surface area contributed by atoms with Crippen molar-refractivity contribution in [2.45, 2.75) is 6.42 Å². The number of carbonyl (C=O) groups is 2. The first-order chi connectivity index (χ1) is 11.1. The van der Waals surface area contributed by atoms with Crippen LogP contribution in [0.3, 0.4) is 0 Å². The molecule has 2 amide bonds. The van der Waals surface area contributed by atoms with Crippen molar-refractivity contribution in [1.82, 2.24) is 5.32 Å². The summed E-state index contributed by atoms with van der Waals surface area (Å²) in [6.07, 6.45) is 0.239. The lowest BCUT2D eigenvalue weighted by atomic mass is 10.1. The standard InChI is InChI=1S/C17H17ClN2O3/c1-23-15-8-7-13(10-14(15)18)20-17(22)11-19-16(21)9-12-5-3-2-4-6-12/h2-8,10H,9,11H2,1H3,(H,19,21)(H,20,22). The Kier molecular flexibility index (Phi) is 6.00. The summed E-state index contributed by atoms with van der Waals surface area (Å²) in [6, 6.07) is 14.3. The number of nitrogens with one attached hydrogen (secondary N) is 2. The van der Waals surface area contributed by atoms with Gasteiger partial charge in [-0.2, -0.15) is 0 Å². The van der Waals surface area contributed by atoms with E-state index in [1.807, 2.05) is 30.3 Å². The van der Waals surface area contributed by atoms with Gasteiger partial charge in [0, 0.05) is 5.69 Å². The number of rotatable bonds is 6. The van der Waals surface area contributed by atoms with Gasteiger partial charge in [0.25, 0.3) is 0 Å². The number of hydrogen-bond donors (Lipinski definition) is 2. The normalized spacial score (nSPS) is 10.0. The molecule has 5 nitrogen and oxygen atoms in total. The number of amides is 2. The maximum Gasteiger partial charge on any atom is 0.243 e. The summed E-state index contributed by atoms with van der Waals surface area (Å²) in [4.78, 5) is 23.6. The number of halogens is 1. The first-order valence-electron chi connectivity index (χ1n) is 7.02. The minimum Gasteiger partial charge on any atom is -0.495 e. The van der Waals surface area contributed by atoms with E-state index in [2.05, 4.69) is 10.6 Å². The Labute approximate surface area is 139 Å². The minimum absolute atomic E-state index is 0.102. The van der Waals surface area contributed by atoms with Gasteiger partial charge in [0.1, 0.15) is 5.75 Å². The number of benzene rings is 2. The van der Waals surface area contributed by atoms with Gasteiger partial charge in [0.05, 0.1) is 25.1 Å². The van der Waals surface area contributed by atoms with Crippen molar-refractivity contribution in [2.24, 2.45) is 0 Å². The molecule has 0 bridgehead atoms. The van der Waals surface area contributed by atoms with Crippen molar-refractivity contribution in [3.63, 3.8) is 0 Å². The molecule has 2 rings (SSSR count). The van der Waals surface area contributed by atoms with Crippen molar-refractivity contribution in [3.05, 3.63) is 59.1 Å². The molecular weight excluding hydrogens is 316 g/mol. The summed E-state index contributed by atoms with van der Waals surface area (Å²) in [5.74, 6) is -0.00686. The van der Waals surface area contributed by atoms with Crippen LogP contribution in [0.25, 0.3) is 0 Å². The molecule has 0 aliphatic carbocycles. The Balaban J connectivity index is 1.81. The molecule has 0 atom stereocenters. The lowest BCUT2D eigenvalue weighted by molar-refractivity contribution is -0.123. The van der Waals surface area contributed by atoms with E-state index in [0.29, 0.717) is 16.5 Å². The maximum atomic E-state index is 11.8. The third-order valence-corrected chi connectivity index (χ3v) is 3.38. The topological polar surface area (TPSA) is 67.4 Å². The SMILES string of the molecule is COc1ccc(NC(=O)CNC(=O)Cc2ccccc2)cc1Cl. The van der Waals surface area contributed by atoms with Gasteiger partial charge >= 0.3 is 0 Å². The van der Waals surface area contributed by atoms with Gasteiger partial charge in [-0.3, -0.25) is 9.59 Å². The van der Waals surface area contributed by atoms with E-state index in [9.17, 15) is 9.59 Å². The average Bonchev–Trinajstić information content (AvgIpc) is 2.54. The Bertz CT molecular complexity index is 689. The fourth-order valence-corrected chi connectivity index (χ4v) is 2.23. The van der Waals surface area contributed by atoms with Crippen LogP contribution < -0.4 is 15.4 Å². The van der Waals surface area contributed by atoms with Gasteiger partial charge in [-0.15, -0.1) is 0 Å². The average molecular weight is 333 g/mol. The number of carbonyl (C=O) groups excluding carboxylic acids is 2. The summed E-state index contributed by atoms with van der Waals surface area (Å²) in [5.41, 5.74) is 1.44. The minimum atomic E-state index is -0.326. The van der Waals surface area contributed by atoms with Gasteiger partial charge in [-0.05, 0) is 23.8 Å². The number of hydrogen-bond acceptors (Lipinski definition) is 3. The molecule has 2 aromatic carbocycles. The molecule has 6 heteroatoms. The van der Waals surface area contributed by atoms with Crippen molar-refractivity contribution in [3.8, 4) is 5.75 Å². The fourth-order valence-electron chi connectivity index (χ4n) is 1.97. The van der Waals surface area contributed by atoms with E-state index in [-0.39, 0.29) is 24.8 Å². The largest absolute Gasteiger partial charge is 0.495 e. The molecule has 0 unspecified atom stereocenters. The van der Waals surface area contributed by atoms with E-state index in [0.717, 1.165) is 5.56 Å². The molecule has 0 saturated carbocycles. The summed E-state index contributed by atoms with van der Waals surface area (Å²) >= 11 is 5.98. The lowest BCUT2D eigenvalue weighted by Gasteiger charge is -2.09. The number of methoxy groups -OCH3 is 1. The second-order valence-electron chi connectivity index (χ2n) is 4.84. The van der Waals surface area contributed by atoms with Crippen LogP contribution in [-0.4, -0.2) is 25.5 Å². The van der Waals surface area contributed by atoms with E-state index in [1.54, 1.807) is 18.2 Å². The highest BCUT2D eigenvalue weighted by Gasteiger charge is 2.08. The van der Waals surface area contributed by atoms with Crippen LogP contribution in [0.2, 0.25) is 5.02 Å². The molecule has 0 aliphatic rings. The zero-order chi connectivity index (χ0) is 16.7. The van der Waals surface area contributed by atoms with Crippen LogP contribution in [-0.2, 0) is 16.0 Å². The fraction of sp³-hybridized carbons (Fsp3) is 0.176. The molecule has 0 radical (unpaired) electrons. The molecule has 0 aliphatic heterocycles. The third kappa shape index (κ3) is 5.30. The lowest BCUT2D eigenvalue weighted by Crippen LogP contribution is -2.33. The van der Waals surface area contributed by atoms with Crippen LogP contribution in [0.1, 0.15) is 5.56 Å². The highest BCUT2D eigenvalue weighted by molar-refractivity contribution is 6.32. The molecule has 0 fully saturated rings. The van der Waals surface area contributed by atoms with Crippen LogP contribution in [0.5, 0.6) is 5.75 Å². The maximum absolute atomic E-state index is 11.8. The third-order valence-electron chi connectivity index (χ3n) is 3.09. The van der Waals surface area contributed by atoms with Crippen LogP contribution in [0, 0.1) is 0 Å². The van der Waals surface area contributed by atoms with E-state index < -0.39 is 0 Å². The second-order valence-corrected chi connectivity index (χ2v) is 5.24. The zero-order valence-electron chi connectivity index (χ0n) is 12.6. The van der Waals surface area contributed by atoms with Crippen molar-refractivity contribution >= 4 is 29.1 Å². The molecule has 120 valence electrons. The first kappa shape index (κ1) is 16.8. The molecular formula is C17H17ClN2O3.